The standard InChI is InChI=1S/C33H36N4O10S/c34-32(43)33(15-18-48(44,45)19-16-33)37-31(42)27(10-5-17-35-29(40)23-6-4-9-26(20-23)46-21-28(38)39)36-30(41)22-11-13-25(14-12-22)47-24-7-2-1-3-8-24/h1-4,6-9,11-14,20,27H,5,10,15-19,21H2,(H2,34,43)(H,35,40)(H,36,41)(H,37,42)(H,38,39)/t27-/m0/s1. The zero-order valence-electron chi connectivity index (χ0n) is 25.8. The van der Waals surface area contributed by atoms with Gasteiger partial charge in [-0.3, -0.25) is 19.2 Å². The minimum atomic E-state index is -3.39. The van der Waals surface area contributed by atoms with Crippen LogP contribution in [0.4, 0.5) is 0 Å². The molecule has 0 saturated carbocycles. The third-order valence-corrected chi connectivity index (χ3v) is 9.30. The number of benzene rings is 3. The van der Waals surface area contributed by atoms with E-state index >= 15 is 0 Å². The van der Waals surface area contributed by atoms with E-state index < -0.39 is 57.6 Å². The predicted molar refractivity (Wildman–Crippen MR) is 173 cm³/mol. The van der Waals surface area contributed by atoms with Crippen molar-refractivity contribution in [3.8, 4) is 17.2 Å². The Morgan fingerprint density at radius 3 is 2.12 bits per heavy atom. The third kappa shape index (κ3) is 10.0. The number of para-hydroxylation sites is 1. The Morgan fingerprint density at radius 2 is 1.48 bits per heavy atom. The molecule has 1 aliphatic heterocycles. The number of ether oxygens (including phenoxy) is 2. The number of aliphatic carboxylic acids is 1. The molecule has 254 valence electrons. The molecular formula is C33H36N4O10S. The van der Waals surface area contributed by atoms with Crippen molar-refractivity contribution in [2.24, 2.45) is 5.73 Å². The van der Waals surface area contributed by atoms with Gasteiger partial charge < -0.3 is 36.3 Å². The Hall–Kier alpha value is -5.44. The van der Waals surface area contributed by atoms with Crippen molar-refractivity contribution in [1.82, 2.24) is 16.0 Å². The van der Waals surface area contributed by atoms with E-state index in [0.717, 1.165) is 0 Å². The Labute approximate surface area is 276 Å². The number of carbonyl (C=O) groups is 5. The molecule has 48 heavy (non-hydrogen) atoms. The maximum Gasteiger partial charge on any atom is 0.341 e. The van der Waals surface area contributed by atoms with Gasteiger partial charge in [0.15, 0.2) is 16.4 Å². The first-order chi connectivity index (χ1) is 22.9. The molecule has 6 N–H and O–H groups in total. The molecule has 4 rings (SSSR count). The number of hydrogen-bond donors (Lipinski definition) is 5. The number of hydrogen-bond acceptors (Lipinski definition) is 9. The minimum Gasteiger partial charge on any atom is -0.482 e. The highest BCUT2D eigenvalue weighted by Gasteiger charge is 2.44. The molecule has 1 aliphatic rings. The van der Waals surface area contributed by atoms with E-state index in [0.29, 0.717) is 11.5 Å². The van der Waals surface area contributed by atoms with Crippen LogP contribution in [0.2, 0.25) is 0 Å². The van der Waals surface area contributed by atoms with Crippen molar-refractivity contribution >= 4 is 39.4 Å². The molecule has 14 nitrogen and oxygen atoms in total. The van der Waals surface area contributed by atoms with Gasteiger partial charge in [-0.05, 0) is 80.3 Å². The predicted octanol–water partition coefficient (Wildman–Crippen LogP) is 1.80. The number of nitrogens with two attached hydrogens (primary N) is 1. The number of carboxylic acid groups (broad SMARTS) is 1. The maximum absolute atomic E-state index is 13.6. The van der Waals surface area contributed by atoms with Gasteiger partial charge in [0.25, 0.3) is 11.8 Å². The summed E-state index contributed by atoms with van der Waals surface area (Å²) in [6, 6.07) is 20.0. The van der Waals surface area contributed by atoms with E-state index in [-0.39, 0.29) is 60.6 Å². The molecule has 0 aliphatic carbocycles. The van der Waals surface area contributed by atoms with Crippen LogP contribution < -0.4 is 31.2 Å². The van der Waals surface area contributed by atoms with Gasteiger partial charge in [0.2, 0.25) is 11.8 Å². The number of amides is 4. The van der Waals surface area contributed by atoms with Gasteiger partial charge in [0, 0.05) is 17.7 Å². The number of carbonyl (C=O) groups excluding carboxylic acids is 4. The lowest BCUT2D eigenvalue weighted by Crippen LogP contribution is -2.63. The maximum atomic E-state index is 13.6. The van der Waals surface area contributed by atoms with Crippen molar-refractivity contribution in [1.29, 1.82) is 0 Å². The molecule has 15 heteroatoms. The SMILES string of the molecule is NC(=O)C1(NC(=O)[C@H](CCCNC(=O)c2cccc(OCC(=O)O)c2)NC(=O)c2ccc(Oc3ccccc3)cc2)CCS(=O)(=O)CC1. The van der Waals surface area contributed by atoms with E-state index in [9.17, 15) is 32.4 Å². The largest absolute Gasteiger partial charge is 0.482 e. The fourth-order valence-corrected chi connectivity index (χ4v) is 6.46. The second-order valence-corrected chi connectivity index (χ2v) is 13.5. The molecule has 1 heterocycles. The minimum absolute atomic E-state index is 0.0297. The van der Waals surface area contributed by atoms with E-state index in [4.69, 9.17) is 20.3 Å². The molecule has 3 aromatic rings. The van der Waals surface area contributed by atoms with Crippen LogP contribution in [0.5, 0.6) is 17.2 Å². The smallest absolute Gasteiger partial charge is 0.341 e. The lowest BCUT2D eigenvalue weighted by atomic mass is 9.90. The number of rotatable bonds is 15. The highest BCUT2D eigenvalue weighted by molar-refractivity contribution is 7.91. The lowest BCUT2D eigenvalue weighted by molar-refractivity contribution is -0.139. The second-order valence-electron chi connectivity index (χ2n) is 11.2. The van der Waals surface area contributed by atoms with Crippen LogP contribution in [0.15, 0.2) is 78.9 Å². The first-order valence-corrected chi connectivity index (χ1v) is 16.9. The van der Waals surface area contributed by atoms with Crippen LogP contribution in [0.3, 0.4) is 0 Å². The normalized spacial score (nSPS) is 15.2. The molecule has 0 spiro atoms. The van der Waals surface area contributed by atoms with Gasteiger partial charge in [-0.25, -0.2) is 13.2 Å². The number of sulfone groups is 1. The van der Waals surface area contributed by atoms with E-state index in [1.807, 2.05) is 18.2 Å². The molecule has 0 bridgehead atoms. The fraction of sp³-hybridized carbons (Fsp3) is 0.303. The summed E-state index contributed by atoms with van der Waals surface area (Å²) in [6.45, 7) is -0.484. The number of carboxylic acids is 1. The third-order valence-electron chi connectivity index (χ3n) is 7.64. The molecule has 1 atom stereocenters. The van der Waals surface area contributed by atoms with Crippen molar-refractivity contribution < 1.29 is 47.0 Å². The lowest BCUT2D eigenvalue weighted by Gasteiger charge is -2.36. The summed E-state index contributed by atoms with van der Waals surface area (Å²) in [4.78, 5) is 62.7. The zero-order chi connectivity index (χ0) is 34.7. The summed E-state index contributed by atoms with van der Waals surface area (Å²) < 4.78 is 34.9. The van der Waals surface area contributed by atoms with E-state index in [1.54, 1.807) is 24.3 Å². The highest BCUT2D eigenvalue weighted by Crippen LogP contribution is 2.25. The zero-order valence-corrected chi connectivity index (χ0v) is 26.7. The Balaban J connectivity index is 1.42. The van der Waals surface area contributed by atoms with E-state index in [2.05, 4.69) is 16.0 Å². The molecule has 0 aromatic heterocycles. The Morgan fingerprint density at radius 1 is 0.833 bits per heavy atom. The van der Waals surface area contributed by atoms with Gasteiger partial charge in [0.05, 0.1) is 11.5 Å². The average molecular weight is 681 g/mol. The summed E-state index contributed by atoms with van der Waals surface area (Å²) >= 11 is 0. The van der Waals surface area contributed by atoms with Gasteiger partial charge in [-0.1, -0.05) is 24.3 Å². The summed E-state index contributed by atoms with van der Waals surface area (Å²) in [5.41, 5.74) is 4.46. The van der Waals surface area contributed by atoms with Crippen molar-refractivity contribution in [2.75, 3.05) is 24.7 Å². The fourth-order valence-electron chi connectivity index (χ4n) is 4.93. The number of nitrogens with one attached hydrogen (secondary N) is 3. The molecule has 0 radical (unpaired) electrons. The van der Waals surface area contributed by atoms with Gasteiger partial charge in [-0.2, -0.15) is 0 Å². The second kappa shape index (κ2) is 15.9. The molecular weight excluding hydrogens is 644 g/mol. The summed E-state index contributed by atoms with van der Waals surface area (Å²) in [7, 11) is -3.39. The van der Waals surface area contributed by atoms with Crippen molar-refractivity contribution in [3.63, 3.8) is 0 Å². The molecule has 1 saturated heterocycles. The van der Waals surface area contributed by atoms with Crippen LogP contribution >= 0.6 is 0 Å². The first-order valence-electron chi connectivity index (χ1n) is 15.0. The van der Waals surface area contributed by atoms with Crippen LogP contribution in [-0.4, -0.2) is 79.4 Å². The molecule has 4 amide bonds. The average Bonchev–Trinajstić information content (AvgIpc) is 3.06. The molecule has 0 unspecified atom stereocenters. The van der Waals surface area contributed by atoms with Crippen LogP contribution in [0.1, 0.15) is 46.4 Å². The summed E-state index contributed by atoms with van der Waals surface area (Å²) in [5.74, 6) is -3.24. The monoisotopic (exact) mass is 680 g/mol. The Kier molecular flexibility index (Phi) is 11.7. The van der Waals surface area contributed by atoms with Crippen molar-refractivity contribution in [3.05, 3.63) is 90.0 Å². The van der Waals surface area contributed by atoms with Gasteiger partial charge in [-0.15, -0.1) is 0 Å². The quantitative estimate of drug-likeness (QED) is 0.147. The van der Waals surface area contributed by atoms with Crippen LogP contribution in [-0.2, 0) is 24.2 Å². The first kappa shape index (κ1) is 35.4. The summed E-state index contributed by atoms with van der Waals surface area (Å²) in [5, 5.41) is 16.8. The van der Waals surface area contributed by atoms with Gasteiger partial charge >= 0.3 is 5.97 Å². The Bertz CT molecular complexity index is 1730. The number of primary amides is 1. The van der Waals surface area contributed by atoms with Crippen LogP contribution in [0, 0.1) is 0 Å². The van der Waals surface area contributed by atoms with E-state index in [1.165, 1.54) is 36.4 Å². The highest BCUT2D eigenvalue weighted by atomic mass is 32.2. The molecule has 1 fully saturated rings. The molecule has 3 aromatic carbocycles. The summed E-state index contributed by atoms with van der Waals surface area (Å²) in [6.07, 6.45) is -0.167. The van der Waals surface area contributed by atoms with Gasteiger partial charge in [0.1, 0.15) is 28.8 Å². The van der Waals surface area contributed by atoms with Crippen LogP contribution in [0.25, 0.3) is 0 Å². The van der Waals surface area contributed by atoms with Crippen molar-refractivity contribution in [2.45, 2.75) is 37.3 Å². The topological polar surface area (TPSA) is 220 Å².